The van der Waals surface area contributed by atoms with Gasteiger partial charge in [0.25, 0.3) is 11.8 Å². The molecule has 2 aromatic rings. The Bertz CT molecular complexity index is 738. The van der Waals surface area contributed by atoms with Gasteiger partial charge in [0.2, 0.25) is 5.91 Å². The van der Waals surface area contributed by atoms with Crippen LogP contribution in [0.25, 0.3) is 0 Å². The number of hydrogen-bond donors (Lipinski definition) is 3. The van der Waals surface area contributed by atoms with E-state index in [0.717, 1.165) is 0 Å². The van der Waals surface area contributed by atoms with E-state index in [-0.39, 0.29) is 30.7 Å². The molecule has 0 saturated carbocycles. The molecule has 1 heterocycles. The van der Waals surface area contributed by atoms with Gasteiger partial charge in [0.05, 0.1) is 11.8 Å². The third-order valence-corrected chi connectivity index (χ3v) is 3.50. The quantitative estimate of drug-likeness (QED) is 0.751. The Labute approximate surface area is 139 Å². The van der Waals surface area contributed by atoms with E-state index in [1.54, 1.807) is 38.2 Å². The van der Waals surface area contributed by atoms with Crippen LogP contribution in [0, 0.1) is 6.92 Å². The SMILES string of the molecule is CNC(=O)c1cccc(NC(=O)CCNC(=O)c2ccoc2)c1C. The number of nitrogens with one attached hydrogen (secondary N) is 3. The number of carbonyl (C=O) groups is 3. The lowest BCUT2D eigenvalue weighted by Crippen LogP contribution is -2.27. The molecule has 0 atom stereocenters. The number of amides is 3. The first kappa shape index (κ1) is 17.3. The lowest BCUT2D eigenvalue weighted by molar-refractivity contribution is -0.116. The summed E-state index contributed by atoms with van der Waals surface area (Å²) in [5.41, 5.74) is 2.17. The zero-order chi connectivity index (χ0) is 17.5. The molecule has 0 bridgehead atoms. The molecule has 0 aliphatic rings. The molecular formula is C17H19N3O4. The molecule has 3 N–H and O–H groups in total. The molecule has 0 aliphatic carbocycles. The topological polar surface area (TPSA) is 100 Å². The van der Waals surface area contributed by atoms with Crippen LogP contribution >= 0.6 is 0 Å². The summed E-state index contributed by atoms with van der Waals surface area (Å²) >= 11 is 0. The maximum Gasteiger partial charge on any atom is 0.254 e. The minimum atomic E-state index is -0.297. The minimum Gasteiger partial charge on any atom is -0.472 e. The van der Waals surface area contributed by atoms with Crippen LogP contribution in [0.1, 0.15) is 32.7 Å². The number of furan rings is 1. The third-order valence-electron chi connectivity index (χ3n) is 3.50. The standard InChI is InChI=1S/C17H19N3O4/c1-11-13(17(23)18-2)4-3-5-14(11)20-15(21)6-8-19-16(22)12-7-9-24-10-12/h3-5,7,9-10H,6,8H2,1-2H3,(H,18,23)(H,19,22)(H,20,21). The van der Waals surface area contributed by atoms with Crippen LogP contribution in [0.15, 0.2) is 41.2 Å². The van der Waals surface area contributed by atoms with Crippen molar-refractivity contribution in [2.45, 2.75) is 13.3 Å². The molecule has 24 heavy (non-hydrogen) atoms. The molecular weight excluding hydrogens is 310 g/mol. The van der Waals surface area contributed by atoms with Crippen molar-refractivity contribution in [2.75, 3.05) is 18.9 Å². The summed E-state index contributed by atoms with van der Waals surface area (Å²) in [6, 6.07) is 6.66. The predicted molar refractivity (Wildman–Crippen MR) is 88.9 cm³/mol. The van der Waals surface area contributed by atoms with Gasteiger partial charge in [-0.15, -0.1) is 0 Å². The Morgan fingerprint density at radius 2 is 1.92 bits per heavy atom. The van der Waals surface area contributed by atoms with Crippen molar-refractivity contribution >= 4 is 23.4 Å². The van der Waals surface area contributed by atoms with Crippen molar-refractivity contribution in [2.24, 2.45) is 0 Å². The second-order valence-corrected chi connectivity index (χ2v) is 5.12. The van der Waals surface area contributed by atoms with E-state index in [1.807, 2.05) is 0 Å². The lowest BCUT2D eigenvalue weighted by atomic mass is 10.1. The molecule has 0 unspecified atom stereocenters. The van der Waals surface area contributed by atoms with E-state index in [2.05, 4.69) is 16.0 Å². The molecule has 0 radical (unpaired) electrons. The molecule has 1 aromatic heterocycles. The van der Waals surface area contributed by atoms with Gasteiger partial charge in [-0.25, -0.2) is 0 Å². The van der Waals surface area contributed by atoms with Gasteiger partial charge in [0.15, 0.2) is 0 Å². The number of benzene rings is 1. The predicted octanol–water partition coefficient (Wildman–Crippen LogP) is 1.71. The molecule has 126 valence electrons. The van der Waals surface area contributed by atoms with Crippen LogP contribution in [-0.2, 0) is 4.79 Å². The van der Waals surface area contributed by atoms with Gasteiger partial charge in [0.1, 0.15) is 6.26 Å². The highest BCUT2D eigenvalue weighted by Gasteiger charge is 2.12. The van der Waals surface area contributed by atoms with E-state index < -0.39 is 0 Å². The smallest absolute Gasteiger partial charge is 0.254 e. The van der Waals surface area contributed by atoms with Crippen LogP contribution < -0.4 is 16.0 Å². The van der Waals surface area contributed by atoms with Gasteiger partial charge in [-0.2, -0.15) is 0 Å². The Hall–Kier alpha value is -3.09. The lowest BCUT2D eigenvalue weighted by Gasteiger charge is -2.12. The first-order chi connectivity index (χ1) is 11.5. The van der Waals surface area contributed by atoms with Gasteiger partial charge in [0, 0.05) is 31.3 Å². The average Bonchev–Trinajstić information content (AvgIpc) is 3.10. The summed E-state index contributed by atoms with van der Waals surface area (Å²) in [7, 11) is 1.55. The summed E-state index contributed by atoms with van der Waals surface area (Å²) in [5, 5.41) is 7.94. The number of carbonyl (C=O) groups excluding carboxylic acids is 3. The molecule has 2 rings (SSSR count). The fourth-order valence-electron chi connectivity index (χ4n) is 2.15. The molecule has 0 fully saturated rings. The van der Waals surface area contributed by atoms with Crippen LogP contribution in [-0.4, -0.2) is 31.3 Å². The fraction of sp³-hybridized carbons (Fsp3) is 0.235. The normalized spacial score (nSPS) is 10.1. The Morgan fingerprint density at radius 3 is 2.58 bits per heavy atom. The summed E-state index contributed by atoms with van der Waals surface area (Å²) < 4.78 is 4.82. The number of hydrogen-bond acceptors (Lipinski definition) is 4. The maximum atomic E-state index is 12.0. The molecule has 7 heteroatoms. The van der Waals surface area contributed by atoms with E-state index in [1.165, 1.54) is 12.5 Å². The second kappa shape index (κ2) is 7.96. The van der Waals surface area contributed by atoms with Crippen molar-refractivity contribution < 1.29 is 18.8 Å². The second-order valence-electron chi connectivity index (χ2n) is 5.12. The molecule has 0 saturated heterocycles. The van der Waals surface area contributed by atoms with Crippen molar-refractivity contribution in [1.82, 2.24) is 10.6 Å². The molecule has 1 aromatic carbocycles. The van der Waals surface area contributed by atoms with Gasteiger partial charge in [-0.1, -0.05) is 6.07 Å². The molecule has 3 amide bonds. The zero-order valence-electron chi connectivity index (χ0n) is 13.5. The average molecular weight is 329 g/mol. The number of anilines is 1. The fourth-order valence-corrected chi connectivity index (χ4v) is 2.15. The highest BCUT2D eigenvalue weighted by atomic mass is 16.3. The molecule has 0 aliphatic heterocycles. The van der Waals surface area contributed by atoms with Crippen LogP contribution in [0.4, 0.5) is 5.69 Å². The summed E-state index contributed by atoms with van der Waals surface area (Å²) in [5.74, 6) is -0.759. The Morgan fingerprint density at radius 1 is 1.12 bits per heavy atom. The van der Waals surface area contributed by atoms with Crippen LogP contribution in [0.3, 0.4) is 0 Å². The van der Waals surface area contributed by atoms with Gasteiger partial charge in [-0.3, -0.25) is 14.4 Å². The van der Waals surface area contributed by atoms with Crippen LogP contribution in [0.2, 0.25) is 0 Å². The highest BCUT2D eigenvalue weighted by molar-refractivity contribution is 5.99. The molecule has 7 nitrogen and oxygen atoms in total. The van der Waals surface area contributed by atoms with E-state index >= 15 is 0 Å². The van der Waals surface area contributed by atoms with E-state index in [4.69, 9.17) is 4.42 Å². The van der Waals surface area contributed by atoms with Crippen molar-refractivity contribution in [3.8, 4) is 0 Å². The minimum absolute atomic E-state index is 0.118. The van der Waals surface area contributed by atoms with Crippen LogP contribution in [0.5, 0.6) is 0 Å². The highest BCUT2D eigenvalue weighted by Crippen LogP contribution is 2.19. The summed E-state index contributed by atoms with van der Waals surface area (Å²) in [6.07, 6.45) is 2.86. The van der Waals surface area contributed by atoms with Crippen molar-refractivity contribution in [3.05, 3.63) is 53.5 Å². The largest absolute Gasteiger partial charge is 0.472 e. The zero-order valence-corrected chi connectivity index (χ0v) is 13.5. The summed E-state index contributed by atoms with van der Waals surface area (Å²) in [6.45, 7) is 1.96. The maximum absolute atomic E-state index is 12.0. The first-order valence-electron chi connectivity index (χ1n) is 7.45. The first-order valence-corrected chi connectivity index (χ1v) is 7.45. The van der Waals surface area contributed by atoms with E-state index in [0.29, 0.717) is 22.4 Å². The Kier molecular flexibility index (Phi) is 5.73. The molecule has 0 spiro atoms. The van der Waals surface area contributed by atoms with Gasteiger partial charge < -0.3 is 20.4 Å². The third kappa shape index (κ3) is 4.22. The van der Waals surface area contributed by atoms with Crippen molar-refractivity contribution in [1.29, 1.82) is 0 Å². The van der Waals surface area contributed by atoms with Gasteiger partial charge >= 0.3 is 0 Å². The summed E-state index contributed by atoms with van der Waals surface area (Å²) in [4.78, 5) is 35.5. The Balaban J connectivity index is 1.88. The monoisotopic (exact) mass is 329 g/mol. The van der Waals surface area contributed by atoms with Gasteiger partial charge in [-0.05, 0) is 30.7 Å². The van der Waals surface area contributed by atoms with Crippen molar-refractivity contribution in [3.63, 3.8) is 0 Å². The number of rotatable bonds is 6. The van der Waals surface area contributed by atoms with E-state index in [9.17, 15) is 14.4 Å².